The molecule has 4 aromatic rings. The Hall–Kier alpha value is -3.81. The second-order valence-electron chi connectivity index (χ2n) is 8.66. The minimum atomic E-state index is -0.295. The summed E-state index contributed by atoms with van der Waals surface area (Å²) in [5.74, 6) is 0.431. The lowest BCUT2D eigenvalue weighted by molar-refractivity contribution is -0.125. The monoisotopic (exact) mass is 458 g/mol. The molecule has 5 rings (SSSR count). The van der Waals surface area contributed by atoms with Gasteiger partial charge in [-0.25, -0.2) is 19.0 Å². The smallest absolute Gasteiger partial charge is 0.225 e. The maximum absolute atomic E-state index is 13.3. The number of nitrogens with one attached hydrogen (secondary N) is 1. The van der Waals surface area contributed by atoms with E-state index in [0.717, 1.165) is 48.3 Å². The number of aromatic nitrogens is 4. The van der Waals surface area contributed by atoms with Crippen molar-refractivity contribution in [2.45, 2.75) is 32.7 Å². The van der Waals surface area contributed by atoms with Gasteiger partial charge in [-0.15, -0.1) is 5.10 Å². The van der Waals surface area contributed by atoms with E-state index >= 15 is 0 Å². The fourth-order valence-corrected chi connectivity index (χ4v) is 4.41. The second kappa shape index (κ2) is 9.59. The van der Waals surface area contributed by atoms with Crippen LogP contribution in [0.15, 0.2) is 61.1 Å². The quantitative estimate of drug-likeness (QED) is 0.472. The van der Waals surface area contributed by atoms with Gasteiger partial charge in [0.05, 0.1) is 17.0 Å². The van der Waals surface area contributed by atoms with Gasteiger partial charge in [-0.05, 0) is 54.7 Å². The molecule has 8 heteroatoms. The molecule has 1 atom stereocenters. The predicted octanol–water partition coefficient (Wildman–Crippen LogP) is 4.05. The number of amides is 1. The van der Waals surface area contributed by atoms with Crippen molar-refractivity contribution in [3.05, 3.63) is 78.0 Å². The minimum absolute atomic E-state index is 0.0663. The van der Waals surface area contributed by atoms with Crippen molar-refractivity contribution >= 4 is 22.8 Å². The van der Waals surface area contributed by atoms with Gasteiger partial charge in [0.1, 0.15) is 18.0 Å². The van der Waals surface area contributed by atoms with Crippen LogP contribution >= 0.6 is 0 Å². The van der Waals surface area contributed by atoms with Gasteiger partial charge in [0.2, 0.25) is 5.91 Å². The fourth-order valence-electron chi connectivity index (χ4n) is 4.41. The maximum atomic E-state index is 13.3. The average Bonchev–Trinajstić information content (AvgIpc) is 3.32. The predicted molar refractivity (Wildman–Crippen MR) is 129 cm³/mol. The number of anilines is 1. The molecule has 3 heterocycles. The third kappa shape index (κ3) is 4.62. The lowest BCUT2D eigenvalue weighted by atomic mass is 9.97. The van der Waals surface area contributed by atoms with Crippen LogP contribution in [0.4, 0.5) is 10.2 Å². The van der Waals surface area contributed by atoms with Crippen LogP contribution in [-0.2, 0) is 17.8 Å². The standard InChI is InChI=1S/C26H27FN6O/c1-2-18-5-7-19(8-6-18)14-28-26(34)20-4-3-13-32(15-20)25-23-16-33(31-24(23)29-17-30-25)22-11-9-21(27)10-12-22/h5-12,16-17,20H,2-4,13-15H2,1H3,(H,28,34)/t20-/m0/s1. The molecule has 2 aromatic carbocycles. The molecule has 1 N–H and O–H groups in total. The molecule has 34 heavy (non-hydrogen) atoms. The molecule has 0 aliphatic carbocycles. The van der Waals surface area contributed by atoms with Gasteiger partial charge in [-0.2, -0.15) is 0 Å². The molecule has 1 aliphatic rings. The van der Waals surface area contributed by atoms with Gasteiger partial charge in [-0.3, -0.25) is 4.79 Å². The van der Waals surface area contributed by atoms with E-state index in [4.69, 9.17) is 0 Å². The SMILES string of the molecule is CCc1ccc(CNC(=O)[C@H]2CCCN(c3ncnc4nn(-c5ccc(F)cc5)cc34)C2)cc1. The molecular formula is C26H27FN6O. The number of carbonyl (C=O) groups is 1. The maximum Gasteiger partial charge on any atom is 0.225 e. The second-order valence-corrected chi connectivity index (χ2v) is 8.66. The van der Waals surface area contributed by atoms with Crippen LogP contribution in [0.3, 0.4) is 0 Å². The van der Waals surface area contributed by atoms with Crippen LogP contribution in [-0.4, -0.2) is 38.7 Å². The normalized spacial score (nSPS) is 16.1. The third-order valence-electron chi connectivity index (χ3n) is 6.38. The van der Waals surface area contributed by atoms with Crippen molar-refractivity contribution in [3.8, 4) is 5.69 Å². The topological polar surface area (TPSA) is 75.9 Å². The number of aryl methyl sites for hydroxylation is 1. The van der Waals surface area contributed by atoms with Gasteiger partial charge >= 0.3 is 0 Å². The molecule has 0 unspecified atom stereocenters. The molecule has 1 amide bonds. The number of fused-ring (bicyclic) bond motifs is 1. The van der Waals surface area contributed by atoms with Crippen molar-refractivity contribution in [2.75, 3.05) is 18.0 Å². The summed E-state index contributed by atoms with van der Waals surface area (Å²) in [5.41, 5.74) is 3.70. The summed E-state index contributed by atoms with van der Waals surface area (Å²) in [7, 11) is 0. The van der Waals surface area contributed by atoms with Gasteiger partial charge in [0.25, 0.3) is 0 Å². The van der Waals surface area contributed by atoms with Crippen LogP contribution in [0.1, 0.15) is 30.9 Å². The Morgan fingerprint density at radius 1 is 1.09 bits per heavy atom. The summed E-state index contributed by atoms with van der Waals surface area (Å²) < 4.78 is 15.0. The zero-order chi connectivity index (χ0) is 23.5. The summed E-state index contributed by atoms with van der Waals surface area (Å²) in [6.45, 7) is 4.07. The van der Waals surface area contributed by atoms with Gasteiger partial charge in [0.15, 0.2) is 5.65 Å². The highest BCUT2D eigenvalue weighted by Gasteiger charge is 2.28. The van der Waals surface area contributed by atoms with E-state index in [1.165, 1.54) is 24.0 Å². The van der Waals surface area contributed by atoms with Crippen molar-refractivity contribution < 1.29 is 9.18 Å². The summed E-state index contributed by atoms with van der Waals surface area (Å²) in [4.78, 5) is 23.9. The van der Waals surface area contributed by atoms with Crippen LogP contribution in [0.2, 0.25) is 0 Å². The number of halogens is 1. The number of carbonyl (C=O) groups excluding carboxylic acids is 1. The first-order valence-electron chi connectivity index (χ1n) is 11.7. The summed E-state index contributed by atoms with van der Waals surface area (Å²) in [5, 5.41) is 8.44. The van der Waals surface area contributed by atoms with Crippen LogP contribution in [0, 0.1) is 11.7 Å². The van der Waals surface area contributed by atoms with E-state index in [9.17, 15) is 9.18 Å². The molecule has 2 aromatic heterocycles. The van der Waals surface area contributed by atoms with E-state index in [2.05, 4.69) is 56.5 Å². The third-order valence-corrected chi connectivity index (χ3v) is 6.38. The molecule has 1 aliphatic heterocycles. The van der Waals surface area contributed by atoms with Crippen LogP contribution in [0.5, 0.6) is 0 Å². The Bertz CT molecular complexity index is 1290. The first-order chi connectivity index (χ1) is 16.6. The van der Waals surface area contributed by atoms with E-state index < -0.39 is 0 Å². The Kier molecular flexibility index (Phi) is 6.20. The molecule has 0 spiro atoms. The van der Waals surface area contributed by atoms with E-state index in [1.807, 2.05) is 6.20 Å². The Morgan fingerprint density at radius 2 is 1.85 bits per heavy atom. The number of hydrogen-bond acceptors (Lipinski definition) is 5. The minimum Gasteiger partial charge on any atom is -0.355 e. The van der Waals surface area contributed by atoms with Crippen LogP contribution in [0.25, 0.3) is 16.7 Å². The van der Waals surface area contributed by atoms with Crippen LogP contribution < -0.4 is 10.2 Å². The van der Waals surface area contributed by atoms with E-state index in [-0.39, 0.29) is 17.6 Å². The Labute approximate surface area is 197 Å². The molecule has 174 valence electrons. The zero-order valence-corrected chi connectivity index (χ0v) is 19.1. The fraction of sp³-hybridized carbons (Fsp3) is 0.308. The number of hydrogen-bond donors (Lipinski definition) is 1. The lowest BCUT2D eigenvalue weighted by Crippen LogP contribution is -2.43. The molecule has 0 saturated carbocycles. The van der Waals surface area contributed by atoms with Crippen molar-refractivity contribution in [1.82, 2.24) is 25.1 Å². The molecule has 1 fully saturated rings. The highest BCUT2D eigenvalue weighted by molar-refractivity contribution is 5.87. The number of benzene rings is 2. The number of piperidine rings is 1. The molecular weight excluding hydrogens is 431 g/mol. The van der Waals surface area contributed by atoms with E-state index in [1.54, 1.807) is 16.8 Å². The first kappa shape index (κ1) is 22.0. The van der Waals surface area contributed by atoms with Gasteiger partial charge in [0, 0.05) is 25.8 Å². The molecule has 1 saturated heterocycles. The highest BCUT2D eigenvalue weighted by Crippen LogP contribution is 2.28. The zero-order valence-electron chi connectivity index (χ0n) is 19.1. The summed E-state index contributed by atoms with van der Waals surface area (Å²) >= 11 is 0. The van der Waals surface area contributed by atoms with E-state index in [0.29, 0.717) is 18.7 Å². The highest BCUT2D eigenvalue weighted by atomic mass is 19.1. The van der Waals surface area contributed by atoms with Crippen molar-refractivity contribution in [2.24, 2.45) is 5.92 Å². The lowest BCUT2D eigenvalue weighted by Gasteiger charge is -2.33. The Balaban J connectivity index is 1.30. The van der Waals surface area contributed by atoms with Crippen molar-refractivity contribution in [1.29, 1.82) is 0 Å². The molecule has 0 radical (unpaired) electrons. The van der Waals surface area contributed by atoms with Gasteiger partial charge < -0.3 is 10.2 Å². The average molecular weight is 459 g/mol. The molecule has 0 bridgehead atoms. The Morgan fingerprint density at radius 3 is 2.62 bits per heavy atom. The van der Waals surface area contributed by atoms with Gasteiger partial charge in [-0.1, -0.05) is 31.2 Å². The molecule has 7 nitrogen and oxygen atoms in total. The summed E-state index contributed by atoms with van der Waals surface area (Å²) in [6.07, 6.45) is 6.12. The van der Waals surface area contributed by atoms with Crippen molar-refractivity contribution in [3.63, 3.8) is 0 Å². The number of rotatable bonds is 6. The first-order valence-corrected chi connectivity index (χ1v) is 11.7. The summed E-state index contributed by atoms with van der Waals surface area (Å²) in [6, 6.07) is 14.5. The number of nitrogens with zero attached hydrogens (tertiary/aromatic N) is 5. The largest absolute Gasteiger partial charge is 0.355 e.